The molecule has 2 aromatic heterocycles. The minimum Gasteiger partial charge on any atom is -0.497 e. The zero-order chi connectivity index (χ0) is 29.4. The number of carbonyl (C=O) groups excluding carboxylic acids is 1. The highest BCUT2D eigenvalue weighted by molar-refractivity contribution is 7.07. The van der Waals surface area contributed by atoms with Crippen LogP contribution in [0.4, 0.5) is 0 Å². The Balaban J connectivity index is 1.67. The van der Waals surface area contributed by atoms with Crippen molar-refractivity contribution in [1.82, 2.24) is 9.13 Å². The van der Waals surface area contributed by atoms with E-state index in [0.29, 0.717) is 31.9 Å². The van der Waals surface area contributed by atoms with Gasteiger partial charge in [-0.3, -0.25) is 9.36 Å². The predicted molar refractivity (Wildman–Crippen MR) is 156 cm³/mol. The van der Waals surface area contributed by atoms with Gasteiger partial charge in [-0.2, -0.15) is 0 Å². The molecule has 1 aliphatic rings. The third-order valence-corrected chi connectivity index (χ3v) is 8.04. The number of fused-ring (bicyclic) bond motifs is 1. The summed E-state index contributed by atoms with van der Waals surface area (Å²) in [6, 6.07) is 15.2. The minimum absolute atomic E-state index is 0.194. The number of thiazole rings is 1. The number of rotatable bonds is 7. The number of esters is 1. The van der Waals surface area contributed by atoms with Crippen LogP contribution in [0.1, 0.15) is 52.8 Å². The fourth-order valence-corrected chi connectivity index (χ4v) is 6.18. The van der Waals surface area contributed by atoms with Crippen LogP contribution in [0, 0.1) is 13.8 Å². The molecule has 10 heteroatoms. The normalized spacial score (nSPS) is 15.0. The molecule has 0 fully saturated rings. The smallest absolute Gasteiger partial charge is 0.338 e. The number of ether oxygens (including phenoxy) is 2. The summed E-state index contributed by atoms with van der Waals surface area (Å²) in [4.78, 5) is 43.5. The number of aryl methyl sites for hydroxylation is 1. The maximum atomic E-state index is 14.0. The van der Waals surface area contributed by atoms with E-state index in [-0.39, 0.29) is 17.7 Å². The SMILES string of the molecule is CCOC(=O)C1=C(C)N=c2s/c(=C/c3cc(C)n(-c4ccc(C(=O)O)cc4)c3C)c(=O)n2[C@@H]1c1cccc(OC)c1. The topological polar surface area (TPSA) is 112 Å². The van der Waals surface area contributed by atoms with Gasteiger partial charge in [0.05, 0.1) is 41.1 Å². The minimum atomic E-state index is -0.984. The first kappa shape index (κ1) is 27.9. The zero-order valence-electron chi connectivity index (χ0n) is 23.3. The van der Waals surface area contributed by atoms with Crippen molar-refractivity contribution in [3.8, 4) is 11.4 Å². The van der Waals surface area contributed by atoms with Gasteiger partial charge in [0.1, 0.15) is 5.75 Å². The molecule has 2 aromatic carbocycles. The molecule has 210 valence electrons. The van der Waals surface area contributed by atoms with Gasteiger partial charge in [-0.15, -0.1) is 0 Å². The van der Waals surface area contributed by atoms with Gasteiger partial charge in [-0.25, -0.2) is 14.6 Å². The van der Waals surface area contributed by atoms with Gasteiger partial charge in [-0.1, -0.05) is 23.5 Å². The largest absolute Gasteiger partial charge is 0.497 e. The van der Waals surface area contributed by atoms with E-state index in [9.17, 15) is 19.5 Å². The van der Waals surface area contributed by atoms with E-state index in [1.165, 1.54) is 11.3 Å². The van der Waals surface area contributed by atoms with E-state index >= 15 is 0 Å². The highest BCUT2D eigenvalue weighted by atomic mass is 32.1. The molecule has 0 spiro atoms. The lowest BCUT2D eigenvalue weighted by atomic mass is 9.95. The van der Waals surface area contributed by atoms with Crippen LogP contribution in [0.5, 0.6) is 5.75 Å². The Morgan fingerprint density at radius 1 is 1.10 bits per heavy atom. The van der Waals surface area contributed by atoms with Gasteiger partial charge in [0.2, 0.25) is 0 Å². The number of nitrogens with zero attached hydrogens (tertiary/aromatic N) is 3. The van der Waals surface area contributed by atoms with Crippen molar-refractivity contribution in [3.05, 3.63) is 114 Å². The van der Waals surface area contributed by atoms with E-state index in [1.807, 2.05) is 48.8 Å². The van der Waals surface area contributed by atoms with E-state index in [4.69, 9.17) is 9.47 Å². The monoisotopic (exact) mass is 571 g/mol. The van der Waals surface area contributed by atoms with Crippen molar-refractivity contribution in [2.45, 2.75) is 33.7 Å². The summed E-state index contributed by atoms with van der Waals surface area (Å²) < 4.78 is 14.8. The third kappa shape index (κ3) is 5.02. The molecule has 5 rings (SSSR count). The Morgan fingerprint density at radius 2 is 1.83 bits per heavy atom. The number of benzene rings is 2. The van der Waals surface area contributed by atoms with Gasteiger partial charge in [0.15, 0.2) is 4.80 Å². The molecule has 1 N–H and O–H groups in total. The van der Waals surface area contributed by atoms with Crippen LogP contribution in [0.3, 0.4) is 0 Å². The van der Waals surface area contributed by atoms with Crippen molar-refractivity contribution in [2.75, 3.05) is 13.7 Å². The van der Waals surface area contributed by atoms with Crippen molar-refractivity contribution < 1.29 is 24.2 Å². The summed E-state index contributed by atoms with van der Waals surface area (Å²) in [7, 11) is 1.56. The number of carboxylic acids is 1. The first-order chi connectivity index (χ1) is 19.6. The Hall–Kier alpha value is -4.70. The molecular weight excluding hydrogens is 542 g/mol. The lowest BCUT2D eigenvalue weighted by Gasteiger charge is -2.25. The summed E-state index contributed by atoms with van der Waals surface area (Å²) in [6.07, 6.45) is 1.83. The second-order valence-corrected chi connectivity index (χ2v) is 10.6. The number of aromatic carboxylic acids is 1. The third-order valence-electron chi connectivity index (χ3n) is 7.06. The molecule has 1 aliphatic heterocycles. The van der Waals surface area contributed by atoms with E-state index in [0.717, 1.165) is 22.6 Å². The van der Waals surface area contributed by atoms with Crippen LogP contribution in [0.2, 0.25) is 0 Å². The summed E-state index contributed by atoms with van der Waals surface area (Å²) in [6.45, 7) is 7.58. The van der Waals surface area contributed by atoms with Gasteiger partial charge < -0.3 is 19.1 Å². The standard InChI is InChI=1S/C31H29N3O6S/c1-6-40-30(38)26-18(3)32-31-34(27(26)21-8-7-9-24(15-21)39-5)28(35)25(41-31)16-22-14-17(2)33(19(22)4)23-12-10-20(11-13-23)29(36)37/h7-16,27H,6H2,1-5H3,(H,36,37)/b25-16+/t27-/m1/s1. The molecule has 4 aromatic rings. The van der Waals surface area contributed by atoms with E-state index in [1.54, 1.807) is 55.9 Å². The molecule has 0 saturated carbocycles. The maximum Gasteiger partial charge on any atom is 0.338 e. The molecule has 1 atom stereocenters. The first-order valence-electron chi connectivity index (χ1n) is 13.0. The molecule has 0 radical (unpaired) electrons. The van der Waals surface area contributed by atoms with Crippen molar-refractivity contribution in [1.29, 1.82) is 0 Å². The highest BCUT2D eigenvalue weighted by Crippen LogP contribution is 2.32. The molecule has 0 amide bonds. The number of carbonyl (C=O) groups is 2. The average molecular weight is 572 g/mol. The van der Waals surface area contributed by atoms with Gasteiger partial charge in [0, 0.05) is 17.1 Å². The lowest BCUT2D eigenvalue weighted by molar-refractivity contribution is -0.139. The lowest BCUT2D eigenvalue weighted by Crippen LogP contribution is -2.39. The summed E-state index contributed by atoms with van der Waals surface area (Å²) >= 11 is 1.26. The highest BCUT2D eigenvalue weighted by Gasteiger charge is 2.33. The van der Waals surface area contributed by atoms with Crippen LogP contribution < -0.4 is 19.6 Å². The van der Waals surface area contributed by atoms with E-state index < -0.39 is 18.0 Å². The van der Waals surface area contributed by atoms with E-state index in [2.05, 4.69) is 4.99 Å². The Morgan fingerprint density at radius 3 is 2.49 bits per heavy atom. The summed E-state index contributed by atoms with van der Waals surface area (Å²) in [5, 5.41) is 9.24. The molecule has 41 heavy (non-hydrogen) atoms. The second kappa shape index (κ2) is 11.1. The fourth-order valence-electron chi connectivity index (χ4n) is 5.14. The predicted octanol–water partition coefficient (Wildman–Crippen LogP) is 3.91. The van der Waals surface area contributed by atoms with Crippen molar-refractivity contribution in [2.24, 2.45) is 4.99 Å². The van der Waals surface area contributed by atoms with Crippen molar-refractivity contribution in [3.63, 3.8) is 0 Å². The number of hydrogen-bond acceptors (Lipinski definition) is 7. The zero-order valence-corrected chi connectivity index (χ0v) is 24.1. The first-order valence-corrected chi connectivity index (χ1v) is 13.8. The fraction of sp³-hybridized carbons (Fsp3) is 0.226. The number of hydrogen-bond donors (Lipinski definition) is 1. The van der Waals surface area contributed by atoms with Crippen LogP contribution in [0.15, 0.2) is 75.7 Å². The number of allylic oxidation sites excluding steroid dienone is 1. The molecular formula is C31H29N3O6S. The Labute approximate surface area is 239 Å². The summed E-state index contributed by atoms with van der Waals surface area (Å²) in [5.74, 6) is -0.901. The van der Waals surface area contributed by atoms with Crippen LogP contribution in [0.25, 0.3) is 11.8 Å². The second-order valence-electron chi connectivity index (χ2n) is 9.59. The van der Waals surface area contributed by atoms with Gasteiger partial charge in [-0.05, 0) is 87.4 Å². The molecule has 9 nitrogen and oxygen atoms in total. The van der Waals surface area contributed by atoms with Crippen molar-refractivity contribution >= 4 is 29.4 Å². The molecule has 0 aliphatic carbocycles. The van der Waals surface area contributed by atoms with Crippen LogP contribution in [-0.2, 0) is 9.53 Å². The molecule has 3 heterocycles. The van der Waals surface area contributed by atoms with Gasteiger partial charge >= 0.3 is 11.9 Å². The quantitative estimate of drug-likeness (QED) is 0.337. The number of aromatic nitrogens is 2. The Bertz CT molecular complexity index is 1890. The molecule has 0 bridgehead atoms. The maximum absolute atomic E-state index is 14.0. The summed E-state index contributed by atoms with van der Waals surface area (Å²) in [5.41, 5.74) is 4.93. The van der Waals surface area contributed by atoms with Crippen LogP contribution >= 0.6 is 11.3 Å². The van der Waals surface area contributed by atoms with Gasteiger partial charge in [0.25, 0.3) is 5.56 Å². The number of carboxylic acid groups (broad SMARTS) is 1. The number of methoxy groups -OCH3 is 1. The molecule has 0 saturated heterocycles. The average Bonchev–Trinajstić information content (AvgIpc) is 3.41. The Kier molecular flexibility index (Phi) is 7.51. The molecule has 0 unspecified atom stereocenters. The van der Waals surface area contributed by atoms with Crippen LogP contribution in [-0.4, -0.2) is 39.9 Å².